The second-order valence-electron chi connectivity index (χ2n) is 5.58. The zero-order valence-corrected chi connectivity index (χ0v) is 15.6. The van der Waals surface area contributed by atoms with Crippen LogP contribution in [0.25, 0.3) is 0 Å². The van der Waals surface area contributed by atoms with Gasteiger partial charge in [0.2, 0.25) is 0 Å². The lowest BCUT2D eigenvalue weighted by Gasteiger charge is -2.31. The van der Waals surface area contributed by atoms with Crippen molar-refractivity contribution in [3.8, 4) is 11.5 Å². The summed E-state index contributed by atoms with van der Waals surface area (Å²) in [5, 5.41) is 2.53. The van der Waals surface area contributed by atoms with Crippen LogP contribution in [0, 0.1) is 0 Å². The van der Waals surface area contributed by atoms with Gasteiger partial charge >= 0.3 is 0 Å². The molecule has 136 valence electrons. The summed E-state index contributed by atoms with van der Waals surface area (Å²) >= 11 is 1.41. The maximum Gasteiger partial charge on any atom is 0.273 e. The molecule has 0 saturated carbocycles. The van der Waals surface area contributed by atoms with Crippen LogP contribution in [0.4, 0.5) is 0 Å². The van der Waals surface area contributed by atoms with Gasteiger partial charge in [-0.25, -0.2) is 4.98 Å². The van der Waals surface area contributed by atoms with Crippen LogP contribution in [0.1, 0.15) is 28.8 Å². The number of carbonyl (C=O) groups is 1. The Morgan fingerprint density at radius 3 is 2.84 bits per heavy atom. The maximum atomic E-state index is 12.7. The molecule has 0 fully saturated rings. The van der Waals surface area contributed by atoms with Gasteiger partial charge < -0.3 is 20.1 Å². The van der Waals surface area contributed by atoms with E-state index in [0.29, 0.717) is 31.9 Å². The van der Waals surface area contributed by atoms with Crippen LogP contribution in [0.2, 0.25) is 0 Å². The van der Waals surface area contributed by atoms with E-state index in [1.807, 2.05) is 31.2 Å². The Morgan fingerprint density at radius 1 is 1.40 bits per heavy atom. The smallest absolute Gasteiger partial charge is 0.273 e. The van der Waals surface area contributed by atoms with Crippen molar-refractivity contribution in [1.29, 1.82) is 0 Å². The summed E-state index contributed by atoms with van der Waals surface area (Å²) in [5.74, 6) is 1.38. The standard InChI is InChI=1S/C17H21N3O3S.ClH/c1-2-7-20(17(21)13-11-24-16(8-18)19-13)9-12-10-22-14-5-3-4-6-15(14)23-12;/h3-6,11-12H,2,7-10,18H2,1H3;1H. The van der Waals surface area contributed by atoms with Crippen LogP contribution < -0.4 is 15.2 Å². The van der Waals surface area contributed by atoms with Gasteiger partial charge in [-0.05, 0) is 18.6 Å². The van der Waals surface area contributed by atoms with Crippen LogP contribution in [-0.4, -0.2) is 41.6 Å². The lowest BCUT2D eigenvalue weighted by Crippen LogP contribution is -2.44. The fourth-order valence-corrected chi connectivity index (χ4v) is 3.26. The number of halogens is 1. The summed E-state index contributed by atoms with van der Waals surface area (Å²) in [5.41, 5.74) is 6.03. The molecule has 1 amide bonds. The lowest BCUT2D eigenvalue weighted by atomic mass is 10.2. The highest BCUT2D eigenvalue weighted by Crippen LogP contribution is 2.31. The van der Waals surface area contributed by atoms with Crippen LogP contribution in [0.5, 0.6) is 11.5 Å². The van der Waals surface area contributed by atoms with E-state index < -0.39 is 0 Å². The highest BCUT2D eigenvalue weighted by Gasteiger charge is 2.26. The highest BCUT2D eigenvalue weighted by molar-refractivity contribution is 7.09. The van der Waals surface area contributed by atoms with Gasteiger partial charge in [0.25, 0.3) is 5.91 Å². The number of amides is 1. The quantitative estimate of drug-likeness (QED) is 0.829. The molecule has 6 nitrogen and oxygen atoms in total. The van der Waals surface area contributed by atoms with Gasteiger partial charge in [0.1, 0.15) is 17.3 Å². The summed E-state index contributed by atoms with van der Waals surface area (Å²) < 4.78 is 11.7. The van der Waals surface area contributed by atoms with Gasteiger partial charge in [-0.15, -0.1) is 23.7 Å². The zero-order valence-electron chi connectivity index (χ0n) is 14.0. The fourth-order valence-electron chi connectivity index (χ4n) is 2.61. The number of benzene rings is 1. The molecule has 0 bridgehead atoms. The summed E-state index contributed by atoms with van der Waals surface area (Å²) in [4.78, 5) is 18.8. The largest absolute Gasteiger partial charge is 0.486 e. The molecule has 1 aliphatic rings. The van der Waals surface area contributed by atoms with Crippen molar-refractivity contribution in [3.63, 3.8) is 0 Å². The molecule has 0 saturated heterocycles. The molecule has 2 heterocycles. The topological polar surface area (TPSA) is 77.7 Å². The Morgan fingerprint density at radius 2 is 2.16 bits per heavy atom. The van der Waals surface area contributed by atoms with Crippen LogP contribution in [0.15, 0.2) is 29.6 Å². The number of nitrogens with zero attached hydrogens (tertiary/aromatic N) is 2. The van der Waals surface area contributed by atoms with E-state index in [0.717, 1.165) is 22.9 Å². The van der Waals surface area contributed by atoms with E-state index in [1.165, 1.54) is 11.3 Å². The van der Waals surface area contributed by atoms with Gasteiger partial charge in [-0.3, -0.25) is 4.79 Å². The molecule has 1 aromatic heterocycles. The van der Waals surface area contributed by atoms with Crippen molar-refractivity contribution in [2.24, 2.45) is 5.73 Å². The van der Waals surface area contributed by atoms with Gasteiger partial charge in [-0.2, -0.15) is 0 Å². The van der Waals surface area contributed by atoms with Crippen LogP contribution in [0.3, 0.4) is 0 Å². The third-order valence-electron chi connectivity index (χ3n) is 3.72. The number of fused-ring (bicyclic) bond motifs is 1. The van der Waals surface area contributed by atoms with Crippen molar-refractivity contribution < 1.29 is 14.3 Å². The SMILES string of the molecule is CCCN(CC1COc2ccccc2O1)C(=O)c1csc(CN)n1.Cl. The molecule has 1 aliphatic heterocycles. The molecule has 3 rings (SSSR count). The van der Waals surface area contributed by atoms with E-state index >= 15 is 0 Å². The van der Waals surface area contributed by atoms with Crippen molar-refractivity contribution in [2.75, 3.05) is 19.7 Å². The lowest BCUT2D eigenvalue weighted by molar-refractivity contribution is 0.0459. The first-order valence-electron chi connectivity index (χ1n) is 8.03. The second kappa shape index (κ2) is 9.03. The molecule has 8 heteroatoms. The molecule has 0 radical (unpaired) electrons. The molecule has 2 N–H and O–H groups in total. The predicted molar refractivity (Wildman–Crippen MR) is 99.8 cm³/mol. The normalized spacial score (nSPS) is 15.4. The molecule has 0 aliphatic carbocycles. The summed E-state index contributed by atoms with van der Waals surface area (Å²) in [6.07, 6.45) is 0.673. The minimum Gasteiger partial charge on any atom is -0.486 e. The Bertz CT molecular complexity index is 710. The summed E-state index contributed by atoms with van der Waals surface area (Å²) in [6, 6.07) is 7.57. The van der Waals surface area contributed by atoms with Crippen LogP contribution >= 0.6 is 23.7 Å². The van der Waals surface area contributed by atoms with E-state index in [2.05, 4.69) is 4.98 Å². The van der Waals surface area contributed by atoms with Gasteiger partial charge in [0.15, 0.2) is 17.6 Å². The summed E-state index contributed by atoms with van der Waals surface area (Å²) in [6.45, 7) is 3.93. The Kier molecular flexibility index (Phi) is 7.04. The number of ether oxygens (including phenoxy) is 2. The van der Waals surface area contributed by atoms with Gasteiger partial charge in [-0.1, -0.05) is 19.1 Å². The molecular formula is C17H22ClN3O3S. The predicted octanol–water partition coefficient (Wildman–Crippen LogP) is 2.72. The van der Waals surface area contributed by atoms with E-state index in [1.54, 1.807) is 10.3 Å². The maximum absolute atomic E-state index is 12.7. The van der Waals surface area contributed by atoms with E-state index in [4.69, 9.17) is 15.2 Å². The zero-order chi connectivity index (χ0) is 16.9. The van der Waals surface area contributed by atoms with Crippen LogP contribution in [-0.2, 0) is 6.54 Å². The molecule has 0 spiro atoms. The Hall–Kier alpha value is -1.83. The third-order valence-corrected chi connectivity index (χ3v) is 4.59. The molecular weight excluding hydrogens is 362 g/mol. The Labute approximate surface area is 157 Å². The first-order chi connectivity index (χ1) is 11.7. The fraction of sp³-hybridized carbons (Fsp3) is 0.412. The molecule has 1 aromatic carbocycles. The second-order valence-corrected chi connectivity index (χ2v) is 6.52. The van der Waals surface area contributed by atoms with E-state index in [-0.39, 0.29) is 24.4 Å². The average Bonchev–Trinajstić information content (AvgIpc) is 3.10. The minimum absolute atomic E-state index is 0. The first-order valence-corrected chi connectivity index (χ1v) is 8.91. The number of thiazole rings is 1. The summed E-state index contributed by atoms with van der Waals surface area (Å²) in [7, 11) is 0. The number of carbonyl (C=O) groups excluding carboxylic acids is 1. The Balaban J connectivity index is 0.00000225. The average molecular weight is 384 g/mol. The number of aromatic nitrogens is 1. The van der Waals surface area contributed by atoms with Crippen molar-refractivity contribution in [3.05, 3.63) is 40.3 Å². The number of hydrogen-bond acceptors (Lipinski definition) is 6. The molecule has 1 atom stereocenters. The van der Waals surface area contributed by atoms with Gasteiger partial charge in [0, 0.05) is 18.5 Å². The third kappa shape index (κ3) is 4.62. The number of para-hydroxylation sites is 2. The van der Waals surface area contributed by atoms with Crippen molar-refractivity contribution >= 4 is 29.7 Å². The number of rotatable bonds is 6. The van der Waals surface area contributed by atoms with Crippen molar-refractivity contribution in [2.45, 2.75) is 26.0 Å². The van der Waals surface area contributed by atoms with Crippen molar-refractivity contribution in [1.82, 2.24) is 9.88 Å². The number of hydrogen-bond donors (Lipinski definition) is 1. The monoisotopic (exact) mass is 383 g/mol. The van der Waals surface area contributed by atoms with Gasteiger partial charge in [0.05, 0.1) is 6.54 Å². The minimum atomic E-state index is -0.192. The van der Waals surface area contributed by atoms with E-state index in [9.17, 15) is 4.79 Å². The molecule has 25 heavy (non-hydrogen) atoms. The molecule has 2 aromatic rings. The number of nitrogens with two attached hydrogens (primary N) is 1. The first kappa shape index (κ1) is 19.5. The highest BCUT2D eigenvalue weighted by atomic mass is 35.5. The molecule has 1 unspecified atom stereocenters.